The van der Waals surface area contributed by atoms with E-state index >= 15 is 26.3 Å². The number of fused-ring (bicyclic) bond motifs is 6. The molecule has 0 atom stereocenters. The summed E-state index contributed by atoms with van der Waals surface area (Å²) in [6.45, 7) is 0. The molecule has 0 bridgehead atoms. The van der Waals surface area contributed by atoms with Crippen LogP contribution < -0.4 is 0 Å². The second kappa shape index (κ2) is 29.9. The normalized spacial score (nSPS) is 11.7. The lowest BCUT2D eigenvalue weighted by Gasteiger charge is -2.23. The standard InChI is InChI=1S/C99H57F6N15/c100-98(101,102)77-42-25-43-78(99(103,104)105)85(77)72-57-84(120-81-50-46-69(96-115-90(63-34-17-5-18-35-63)109-91(116-96)64-36-19-6-20-37-64)54-75(81)76-55-70(47-51-82(76)120)97-117-92(65-38-21-7-22-39-65)110-93(118-97)66-40-23-8-24-41-66)83(56-71(72)58-106)119-79-48-44-67(94-111-86(59-26-9-1-10-27-59)107-87(112-94)60-28-11-2-12-29-60)52-73(79)74-53-68(45-49-80(74)119)95-113-88(61-30-13-3-14-31-61)108-89(114-95)62-32-15-4-16-33-62/h1-57H. The maximum absolute atomic E-state index is 16.1. The van der Waals surface area contributed by atoms with Gasteiger partial charge in [-0.15, -0.1) is 0 Å². The van der Waals surface area contributed by atoms with Gasteiger partial charge in [0, 0.05) is 99.4 Å². The smallest absolute Gasteiger partial charge is 0.307 e. The Bertz CT molecular complexity index is 6790. The van der Waals surface area contributed by atoms with Crippen LogP contribution in [-0.2, 0) is 12.4 Å². The van der Waals surface area contributed by atoms with Crippen molar-refractivity contribution in [1.82, 2.24) is 68.9 Å². The highest BCUT2D eigenvalue weighted by Crippen LogP contribution is 2.50. The summed E-state index contributed by atoms with van der Waals surface area (Å²) in [7, 11) is 0. The van der Waals surface area contributed by atoms with Crippen molar-refractivity contribution in [3.63, 3.8) is 0 Å². The molecule has 6 heterocycles. The van der Waals surface area contributed by atoms with E-state index in [0.29, 0.717) is 158 Å². The molecule has 0 aliphatic carbocycles. The van der Waals surface area contributed by atoms with Crippen LogP contribution in [0.5, 0.6) is 0 Å². The van der Waals surface area contributed by atoms with Gasteiger partial charge in [-0.1, -0.05) is 249 Å². The van der Waals surface area contributed by atoms with Crippen LogP contribution in [0, 0.1) is 11.3 Å². The number of rotatable bonds is 15. The van der Waals surface area contributed by atoms with Gasteiger partial charge in [-0.2, -0.15) is 31.6 Å². The van der Waals surface area contributed by atoms with Gasteiger partial charge in [-0.25, -0.2) is 59.8 Å². The first kappa shape index (κ1) is 72.7. The molecular formula is C99H57F6N15. The quantitative estimate of drug-likeness (QED) is 0.0883. The average molecular weight is 1570 g/mol. The van der Waals surface area contributed by atoms with Gasteiger partial charge in [0.1, 0.15) is 0 Å². The highest BCUT2D eigenvalue weighted by Gasteiger charge is 2.42. The minimum absolute atomic E-state index is 0.0484. The van der Waals surface area contributed by atoms with Crippen LogP contribution in [0.15, 0.2) is 346 Å². The highest BCUT2D eigenvalue weighted by molar-refractivity contribution is 6.14. The largest absolute Gasteiger partial charge is 0.417 e. The fourth-order valence-electron chi connectivity index (χ4n) is 15.4. The van der Waals surface area contributed by atoms with E-state index in [1.165, 1.54) is 12.1 Å². The molecule has 0 N–H and O–H groups in total. The molecule has 14 aromatic carbocycles. The molecule has 120 heavy (non-hydrogen) atoms. The molecule has 0 radical (unpaired) electrons. The number of nitrogens with zero attached hydrogens (tertiary/aromatic N) is 15. The molecule has 0 unspecified atom stereocenters. The molecule has 20 rings (SSSR count). The molecule has 0 aliphatic rings. The fraction of sp³-hybridized carbons (Fsp3) is 0.0202. The van der Waals surface area contributed by atoms with Crippen molar-refractivity contribution >= 4 is 43.6 Å². The molecule has 0 spiro atoms. The van der Waals surface area contributed by atoms with Gasteiger partial charge in [0.2, 0.25) is 0 Å². The maximum atomic E-state index is 16.1. The van der Waals surface area contributed by atoms with Gasteiger partial charge in [-0.05, 0) is 97.1 Å². The molecule has 0 amide bonds. The van der Waals surface area contributed by atoms with Crippen molar-refractivity contribution < 1.29 is 26.3 Å². The topological polar surface area (TPSA) is 188 Å². The van der Waals surface area contributed by atoms with Gasteiger partial charge in [0.25, 0.3) is 0 Å². The van der Waals surface area contributed by atoms with E-state index in [1.807, 2.05) is 320 Å². The minimum Gasteiger partial charge on any atom is -0.307 e. The third-order valence-electron chi connectivity index (χ3n) is 21.0. The molecule has 0 aliphatic heterocycles. The number of benzene rings is 14. The number of aromatic nitrogens is 14. The third-order valence-corrected chi connectivity index (χ3v) is 21.0. The van der Waals surface area contributed by atoms with Crippen LogP contribution in [0.3, 0.4) is 0 Å². The summed E-state index contributed by atoms with van der Waals surface area (Å²) in [5.74, 6) is 4.27. The lowest BCUT2D eigenvalue weighted by atomic mass is 9.89. The molecule has 20 aromatic rings. The Morgan fingerprint density at radius 1 is 0.217 bits per heavy atom. The van der Waals surface area contributed by atoms with Crippen LogP contribution >= 0.6 is 0 Å². The summed E-state index contributed by atoms with van der Waals surface area (Å²) in [5, 5.41) is 14.0. The Hall–Kier alpha value is -16.2. The molecule has 21 heteroatoms. The number of hydrogen-bond acceptors (Lipinski definition) is 13. The van der Waals surface area contributed by atoms with Crippen LogP contribution in [0.2, 0.25) is 0 Å². The third kappa shape index (κ3) is 13.6. The van der Waals surface area contributed by atoms with Crippen molar-refractivity contribution in [2.75, 3.05) is 0 Å². The Kier molecular flexibility index (Phi) is 18.1. The monoisotopic (exact) mass is 1570 g/mol. The summed E-state index contributed by atoms with van der Waals surface area (Å²) in [6.07, 6.45) is -10.7. The van der Waals surface area contributed by atoms with E-state index in [9.17, 15) is 5.26 Å². The van der Waals surface area contributed by atoms with Crippen molar-refractivity contribution in [2.45, 2.75) is 12.4 Å². The van der Waals surface area contributed by atoms with Crippen LogP contribution in [0.1, 0.15) is 16.7 Å². The zero-order chi connectivity index (χ0) is 81.2. The summed E-state index contributed by atoms with van der Waals surface area (Å²) >= 11 is 0. The van der Waals surface area contributed by atoms with Crippen molar-refractivity contribution in [3.8, 4) is 165 Å². The van der Waals surface area contributed by atoms with Gasteiger partial charge < -0.3 is 9.13 Å². The van der Waals surface area contributed by atoms with E-state index < -0.39 is 40.2 Å². The van der Waals surface area contributed by atoms with E-state index in [2.05, 4.69) is 6.07 Å². The lowest BCUT2D eigenvalue weighted by molar-refractivity contribution is -0.142. The predicted octanol–water partition coefficient (Wildman–Crippen LogP) is 24.2. The Morgan fingerprint density at radius 3 is 0.617 bits per heavy atom. The first-order chi connectivity index (χ1) is 58.7. The first-order valence-electron chi connectivity index (χ1n) is 38.2. The van der Waals surface area contributed by atoms with Gasteiger partial charge in [0.15, 0.2) is 69.9 Å². The Balaban J connectivity index is 0.902. The van der Waals surface area contributed by atoms with Gasteiger partial charge in [-0.3, -0.25) is 0 Å². The zero-order valence-electron chi connectivity index (χ0n) is 62.9. The average Bonchev–Trinajstić information content (AvgIpc) is 1.63. The molecule has 0 saturated carbocycles. The molecule has 0 fully saturated rings. The Morgan fingerprint density at radius 2 is 0.417 bits per heavy atom. The summed E-state index contributed by atoms with van der Waals surface area (Å²) in [6, 6.07) is 105. The number of hydrogen-bond donors (Lipinski definition) is 0. The second-order valence-electron chi connectivity index (χ2n) is 28.5. The van der Waals surface area contributed by atoms with Crippen LogP contribution in [0.25, 0.3) is 203 Å². The SMILES string of the molecule is N#Cc1cc(-n2c3ccc(-c4nc(-c5ccccc5)nc(-c5ccccc5)n4)cc3c3cc(-c4nc(-c5ccccc5)nc(-c5ccccc5)n4)ccc32)c(-n2c3ccc(-c4nc(-c5ccccc5)nc(-c5ccccc5)n4)cc3c3cc(-c4nc(-c5ccccc5)nc(-c5ccccc5)n4)ccc32)cc1-c1c(C(F)(F)F)cccc1C(F)(F)F. The van der Waals surface area contributed by atoms with E-state index in [1.54, 1.807) is 4.57 Å². The molecule has 15 nitrogen and oxygen atoms in total. The zero-order valence-corrected chi connectivity index (χ0v) is 62.9. The number of nitriles is 1. The number of alkyl halides is 6. The summed E-state index contributed by atoms with van der Waals surface area (Å²) in [4.78, 5) is 61.2. The molecular weight excluding hydrogens is 1510 g/mol. The molecule has 0 saturated heterocycles. The van der Waals surface area contributed by atoms with Crippen LogP contribution in [-0.4, -0.2) is 68.9 Å². The fourth-order valence-corrected chi connectivity index (χ4v) is 15.4. The molecule has 6 aromatic heterocycles. The minimum atomic E-state index is -5.37. The first-order valence-corrected chi connectivity index (χ1v) is 38.2. The van der Waals surface area contributed by atoms with Crippen molar-refractivity contribution in [2.24, 2.45) is 0 Å². The second-order valence-corrected chi connectivity index (χ2v) is 28.5. The summed E-state index contributed by atoms with van der Waals surface area (Å²) < 4.78 is 100.0. The van der Waals surface area contributed by atoms with E-state index in [-0.39, 0.29) is 23.0 Å². The van der Waals surface area contributed by atoms with Gasteiger partial charge in [0.05, 0.1) is 56.2 Å². The summed E-state index contributed by atoms with van der Waals surface area (Å²) in [5.41, 5.74) is 4.22. The molecule has 570 valence electrons. The predicted molar refractivity (Wildman–Crippen MR) is 454 cm³/mol. The highest BCUT2D eigenvalue weighted by atomic mass is 19.4. The van der Waals surface area contributed by atoms with Crippen LogP contribution in [0.4, 0.5) is 26.3 Å². The maximum Gasteiger partial charge on any atom is 0.417 e. The van der Waals surface area contributed by atoms with E-state index in [4.69, 9.17) is 59.8 Å². The van der Waals surface area contributed by atoms with Gasteiger partial charge >= 0.3 is 12.4 Å². The Labute approximate surface area is 680 Å². The van der Waals surface area contributed by atoms with Crippen molar-refractivity contribution in [1.29, 1.82) is 5.26 Å². The lowest BCUT2D eigenvalue weighted by Crippen LogP contribution is -2.15. The number of halogens is 6. The van der Waals surface area contributed by atoms with Crippen molar-refractivity contribution in [3.05, 3.63) is 362 Å². The van der Waals surface area contributed by atoms with E-state index in [0.717, 1.165) is 28.3 Å².